The molecule has 0 saturated heterocycles. The Kier molecular flexibility index (Phi) is 6.09. The first-order valence-electron chi connectivity index (χ1n) is 8.85. The Bertz CT molecular complexity index is 1150. The Labute approximate surface area is 170 Å². The molecule has 0 saturated carbocycles. The van der Waals surface area contributed by atoms with E-state index in [1.807, 2.05) is 26.0 Å². The van der Waals surface area contributed by atoms with Gasteiger partial charge in [0.2, 0.25) is 0 Å². The molecule has 0 aliphatic carbocycles. The summed E-state index contributed by atoms with van der Waals surface area (Å²) in [5.74, 6) is -0.173. The smallest absolute Gasteiger partial charge is 0.339 e. The number of hydrazone groups is 1. The Morgan fingerprint density at radius 1 is 0.966 bits per heavy atom. The molecule has 6 nitrogen and oxygen atoms in total. The molecule has 0 aliphatic rings. The van der Waals surface area contributed by atoms with Crippen molar-refractivity contribution in [1.82, 2.24) is 5.43 Å². The average molecular weight is 408 g/mol. The number of aryl methyl sites for hydroxylation is 2. The summed E-state index contributed by atoms with van der Waals surface area (Å²) < 4.78 is 30.0. The summed E-state index contributed by atoms with van der Waals surface area (Å²) in [7, 11) is -3.94. The molecule has 0 fully saturated rings. The third kappa shape index (κ3) is 5.30. The lowest BCUT2D eigenvalue weighted by Gasteiger charge is -2.08. The van der Waals surface area contributed by atoms with Crippen molar-refractivity contribution in [3.8, 4) is 5.75 Å². The highest BCUT2D eigenvalue weighted by atomic mass is 32.2. The van der Waals surface area contributed by atoms with E-state index in [9.17, 15) is 13.2 Å². The molecule has 1 N–H and O–H groups in total. The number of hydrogen-bond donors (Lipinski definition) is 1. The van der Waals surface area contributed by atoms with Gasteiger partial charge in [0.05, 0.1) is 6.21 Å². The maximum Gasteiger partial charge on any atom is 0.339 e. The van der Waals surface area contributed by atoms with Crippen molar-refractivity contribution < 1.29 is 17.4 Å². The van der Waals surface area contributed by atoms with Crippen LogP contribution in [0.5, 0.6) is 5.75 Å². The largest absolute Gasteiger partial charge is 0.379 e. The molecule has 0 radical (unpaired) electrons. The van der Waals surface area contributed by atoms with Crippen LogP contribution in [0.3, 0.4) is 0 Å². The van der Waals surface area contributed by atoms with Crippen LogP contribution in [0.1, 0.15) is 27.0 Å². The molecular weight excluding hydrogens is 388 g/mol. The maximum absolute atomic E-state index is 12.4. The standard InChI is InChI=1S/C22H20N2O4S/c1-16-10-12-20(13-11-16)29(26,27)28-19-8-5-7-18(14-19)15-23-24-22(25)21-9-4-3-6-17(21)2/h3-15H,1-2H3,(H,24,25)/b23-15+. The number of carbonyl (C=O) groups is 1. The van der Waals surface area contributed by atoms with E-state index in [4.69, 9.17) is 4.18 Å². The second-order valence-corrected chi connectivity index (χ2v) is 7.98. The lowest BCUT2D eigenvalue weighted by atomic mass is 10.1. The molecule has 7 heteroatoms. The minimum absolute atomic E-state index is 0.0765. The minimum atomic E-state index is -3.94. The van der Waals surface area contributed by atoms with Crippen LogP contribution in [0, 0.1) is 13.8 Å². The first-order chi connectivity index (χ1) is 13.8. The highest BCUT2D eigenvalue weighted by molar-refractivity contribution is 7.87. The van der Waals surface area contributed by atoms with Crippen LogP contribution in [0.4, 0.5) is 0 Å². The van der Waals surface area contributed by atoms with E-state index in [2.05, 4.69) is 10.5 Å². The SMILES string of the molecule is Cc1ccc(S(=O)(=O)Oc2cccc(/C=N/NC(=O)c3ccccc3C)c2)cc1. The second kappa shape index (κ2) is 8.70. The number of nitrogens with one attached hydrogen (secondary N) is 1. The number of nitrogens with zero attached hydrogens (tertiary/aromatic N) is 1. The predicted octanol–water partition coefficient (Wildman–Crippen LogP) is 3.84. The van der Waals surface area contributed by atoms with Gasteiger partial charge in [-0.2, -0.15) is 13.5 Å². The first-order valence-corrected chi connectivity index (χ1v) is 10.3. The van der Waals surface area contributed by atoms with Crippen molar-refractivity contribution in [3.05, 3.63) is 95.1 Å². The third-order valence-corrected chi connectivity index (χ3v) is 5.40. The molecule has 0 aromatic heterocycles. The molecule has 0 atom stereocenters. The average Bonchev–Trinajstić information content (AvgIpc) is 2.68. The van der Waals surface area contributed by atoms with E-state index >= 15 is 0 Å². The molecule has 148 valence electrons. The van der Waals surface area contributed by atoms with Crippen molar-refractivity contribution in [2.75, 3.05) is 0 Å². The Balaban J connectivity index is 1.69. The molecule has 3 aromatic carbocycles. The van der Waals surface area contributed by atoms with Crippen molar-refractivity contribution in [1.29, 1.82) is 0 Å². The summed E-state index contributed by atoms with van der Waals surface area (Å²) in [5, 5.41) is 3.93. The van der Waals surface area contributed by atoms with E-state index in [0.29, 0.717) is 11.1 Å². The van der Waals surface area contributed by atoms with E-state index < -0.39 is 10.1 Å². The molecule has 0 heterocycles. The minimum Gasteiger partial charge on any atom is -0.379 e. The van der Waals surface area contributed by atoms with Gasteiger partial charge < -0.3 is 4.18 Å². The molecular formula is C22H20N2O4S. The monoisotopic (exact) mass is 408 g/mol. The van der Waals surface area contributed by atoms with Crippen LogP contribution in [-0.2, 0) is 10.1 Å². The Hall–Kier alpha value is -3.45. The van der Waals surface area contributed by atoms with Gasteiger partial charge in [-0.15, -0.1) is 0 Å². The Morgan fingerprint density at radius 2 is 1.69 bits per heavy atom. The fourth-order valence-corrected chi connectivity index (χ4v) is 3.50. The number of amides is 1. The second-order valence-electron chi connectivity index (χ2n) is 6.44. The lowest BCUT2D eigenvalue weighted by molar-refractivity contribution is 0.0954. The van der Waals surface area contributed by atoms with E-state index in [0.717, 1.165) is 11.1 Å². The molecule has 3 rings (SSSR count). The quantitative estimate of drug-likeness (QED) is 0.382. The maximum atomic E-state index is 12.4. The van der Waals surface area contributed by atoms with Crippen LogP contribution in [-0.4, -0.2) is 20.5 Å². The van der Waals surface area contributed by atoms with Crippen molar-refractivity contribution in [2.45, 2.75) is 18.7 Å². The van der Waals surface area contributed by atoms with Crippen LogP contribution < -0.4 is 9.61 Å². The van der Waals surface area contributed by atoms with Gasteiger partial charge in [-0.1, -0.05) is 48.0 Å². The van der Waals surface area contributed by atoms with Gasteiger partial charge in [0.25, 0.3) is 5.91 Å². The van der Waals surface area contributed by atoms with Gasteiger partial charge >= 0.3 is 10.1 Å². The summed E-state index contributed by atoms with van der Waals surface area (Å²) in [6.07, 6.45) is 1.42. The topological polar surface area (TPSA) is 84.8 Å². The lowest BCUT2D eigenvalue weighted by Crippen LogP contribution is -2.18. The van der Waals surface area contributed by atoms with Crippen molar-refractivity contribution in [2.24, 2.45) is 5.10 Å². The fraction of sp³-hybridized carbons (Fsp3) is 0.0909. The molecule has 0 bridgehead atoms. The zero-order valence-corrected chi connectivity index (χ0v) is 16.8. The van der Waals surface area contributed by atoms with Gasteiger partial charge in [-0.3, -0.25) is 4.79 Å². The third-order valence-electron chi connectivity index (χ3n) is 4.14. The zero-order valence-electron chi connectivity index (χ0n) is 16.0. The van der Waals surface area contributed by atoms with Crippen LogP contribution in [0.15, 0.2) is 82.8 Å². The molecule has 29 heavy (non-hydrogen) atoms. The van der Waals surface area contributed by atoms with Crippen LogP contribution in [0.25, 0.3) is 0 Å². The van der Waals surface area contributed by atoms with Crippen molar-refractivity contribution in [3.63, 3.8) is 0 Å². The van der Waals surface area contributed by atoms with Crippen LogP contribution >= 0.6 is 0 Å². The number of carbonyl (C=O) groups excluding carboxylic acids is 1. The van der Waals surface area contributed by atoms with Gasteiger partial charge in [0.1, 0.15) is 10.6 Å². The van der Waals surface area contributed by atoms with Gasteiger partial charge in [-0.25, -0.2) is 5.43 Å². The highest BCUT2D eigenvalue weighted by Gasteiger charge is 2.16. The number of rotatable bonds is 6. The predicted molar refractivity (Wildman–Crippen MR) is 112 cm³/mol. The summed E-state index contributed by atoms with van der Waals surface area (Å²) in [6, 6.07) is 20.0. The van der Waals surface area contributed by atoms with E-state index in [1.54, 1.807) is 36.4 Å². The first kappa shape index (κ1) is 20.3. The van der Waals surface area contributed by atoms with E-state index in [-0.39, 0.29) is 16.6 Å². The van der Waals surface area contributed by atoms with Crippen LogP contribution in [0.2, 0.25) is 0 Å². The zero-order chi connectivity index (χ0) is 20.9. The number of benzene rings is 3. The summed E-state index contributed by atoms with van der Waals surface area (Å²) in [4.78, 5) is 12.2. The highest BCUT2D eigenvalue weighted by Crippen LogP contribution is 2.19. The Morgan fingerprint density at radius 3 is 2.41 bits per heavy atom. The number of hydrogen-bond acceptors (Lipinski definition) is 5. The van der Waals surface area contributed by atoms with Crippen molar-refractivity contribution >= 4 is 22.2 Å². The van der Waals surface area contributed by atoms with Gasteiger partial charge in [0.15, 0.2) is 0 Å². The molecule has 3 aromatic rings. The summed E-state index contributed by atoms with van der Waals surface area (Å²) in [6.45, 7) is 3.71. The molecule has 0 unspecified atom stereocenters. The van der Waals surface area contributed by atoms with Gasteiger partial charge in [0, 0.05) is 5.56 Å². The molecule has 1 amide bonds. The summed E-state index contributed by atoms with van der Waals surface area (Å²) in [5.41, 5.74) is 5.37. The molecule has 0 spiro atoms. The fourth-order valence-electron chi connectivity index (χ4n) is 2.58. The molecule has 0 aliphatic heterocycles. The van der Waals surface area contributed by atoms with Gasteiger partial charge in [-0.05, 0) is 55.3 Å². The normalized spacial score (nSPS) is 11.4. The summed E-state index contributed by atoms with van der Waals surface area (Å²) >= 11 is 0. The van der Waals surface area contributed by atoms with E-state index in [1.165, 1.54) is 30.5 Å².